The monoisotopic (exact) mass is 323 g/mol. The molecule has 1 aromatic carbocycles. The molecule has 1 unspecified atom stereocenters. The van der Waals surface area contributed by atoms with Crippen molar-refractivity contribution in [3.05, 3.63) is 47.3 Å². The van der Waals surface area contributed by atoms with Crippen LogP contribution in [0.1, 0.15) is 23.1 Å². The number of aryl methyl sites for hydroxylation is 2. The van der Waals surface area contributed by atoms with Crippen LogP contribution in [-0.2, 0) is 10.0 Å². The molecule has 2 rings (SSSR count). The lowest BCUT2D eigenvalue weighted by molar-refractivity contribution is 0.363. The minimum atomic E-state index is -3.70. The summed E-state index contributed by atoms with van der Waals surface area (Å²) < 4.78 is 33.1. The average molecular weight is 323 g/mol. The third-order valence-electron chi connectivity index (χ3n) is 3.28. The normalized spacial score (nSPS) is 13.5. The summed E-state index contributed by atoms with van der Waals surface area (Å²) in [5, 5.41) is 3.72. The third-order valence-corrected chi connectivity index (χ3v) is 5.00. The Morgan fingerprint density at radius 1 is 1.23 bits per heavy atom. The topological polar surface area (TPSA) is 75.4 Å². The summed E-state index contributed by atoms with van der Waals surface area (Å²) in [6.45, 7) is 3.76. The van der Waals surface area contributed by atoms with Crippen molar-refractivity contribution in [2.45, 2.75) is 24.8 Å². The lowest BCUT2D eigenvalue weighted by Crippen LogP contribution is -2.35. The van der Waals surface area contributed by atoms with Gasteiger partial charge in [0.15, 0.2) is 5.76 Å². The smallest absolute Gasteiger partial charge is 0.246 e. The van der Waals surface area contributed by atoms with Crippen LogP contribution in [0.4, 0.5) is 0 Å². The van der Waals surface area contributed by atoms with Gasteiger partial charge in [-0.05, 0) is 33.5 Å². The number of hydrogen-bond donors (Lipinski definition) is 1. The SMILES string of the molecule is Cc1noc(C)c1S(=O)(=O)NC(CN(C)C)c1ccccc1. The van der Waals surface area contributed by atoms with Crippen molar-refractivity contribution in [1.29, 1.82) is 0 Å². The van der Waals surface area contributed by atoms with E-state index >= 15 is 0 Å². The van der Waals surface area contributed by atoms with Gasteiger partial charge in [0.05, 0.1) is 6.04 Å². The standard InChI is InChI=1S/C15H21N3O3S/c1-11-15(12(2)21-16-11)22(19,20)17-14(10-18(3)4)13-8-6-5-7-9-13/h5-9,14,17H,10H2,1-4H3. The molecule has 1 aromatic heterocycles. The Morgan fingerprint density at radius 2 is 1.86 bits per heavy atom. The Balaban J connectivity index is 2.35. The quantitative estimate of drug-likeness (QED) is 0.878. The second kappa shape index (κ2) is 6.60. The Morgan fingerprint density at radius 3 is 2.36 bits per heavy atom. The van der Waals surface area contributed by atoms with Crippen LogP contribution in [0.2, 0.25) is 0 Å². The van der Waals surface area contributed by atoms with Gasteiger partial charge in [-0.25, -0.2) is 13.1 Å². The average Bonchev–Trinajstić information content (AvgIpc) is 2.78. The zero-order valence-electron chi connectivity index (χ0n) is 13.2. The molecule has 1 N–H and O–H groups in total. The van der Waals surface area contributed by atoms with Crippen LogP contribution in [-0.4, -0.2) is 39.1 Å². The lowest BCUT2D eigenvalue weighted by Gasteiger charge is -2.22. The van der Waals surface area contributed by atoms with Gasteiger partial charge in [0.25, 0.3) is 0 Å². The number of sulfonamides is 1. The van der Waals surface area contributed by atoms with Crippen molar-refractivity contribution in [1.82, 2.24) is 14.8 Å². The first-order chi connectivity index (χ1) is 10.3. The van der Waals surface area contributed by atoms with E-state index in [2.05, 4.69) is 9.88 Å². The predicted octanol–water partition coefficient (Wildman–Crippen LogP) is 1.87. The lowest BCUT2D eigenvalue weighted by atomic mass is 10.1. The molecule has 6 nitrogen and oxygen atoms in total. The molecule has 0 saturated heterocycles. The highest BCUT2D eigenvalue weighted by Crippen LogP contribution is 2.22. The van der Waals surface area contributed by atoms with Gasteiger partial charge in [-0.15, -0.1) is 0 Å². The summed E-state index contributed by atoms with van der Waals surface area (Å²) in [6, 6.07) is 9.15. The molecule has 0 bridgehead atoms. The van der Waals surface area contributed by atoms with Gasteiger partial charge in [-0.2, -0.15) is 0 Å². The van der Waals surface area contributed by atoms with Gasteiger partial charge in [0, 0.05) is 6.54 Å². The fraction of sp³-hybridized carbons (Fsp3) is 0.400. The van der Waals surface area contributed by atoms with Crippen LogP contribution in [0.3, 0.4) is 0 Å². The molecule has 0 saturated carbocycles. The second-order valence-corrected chi connectivity index (χ2v) is 7.15. The van der Waals surface area contributed by atoms with Crippen LogP contribution in [0, 0.1) is 13.8 Å². The van der Waals surface area contributed by atoms with Crippen LogP contribution in [0.15, 0.2) is 39.8 Å². The summed E-state index contributed by atoms with van der Waals surface area (Å²) >= 11 is 0. The van der Waals surface area contributed by atoms with E-state index < -0.39 is 10.0 Å². The second-order valence-electron chi connectivity index (χ2n) is 5.50. The van der Waals surface area contributed by atoms with Crippen molar-refractivity contribution in [3.8, 4) is 0 Å². The highest BCUT2D eigenvalue weighted by atomic mass is 32.2. The number of benzene rings is 1. The van der Waals surface area contributed by atoms with Gasteiger partial charge in [0.1, 0.15) is 10.6 Å². The van der Waals surface area contributed by atoms with Crippen LogP contribution in [0.5, 0.6) is 0 Å². The maximum Gasteiger partial charge on any atom is 0.246 e. The van der Waals surface area contributed by atoms with Crippen molar-refractivity contribution < 1.29 is 12.9 Å². The summed E-state index contributed by atoms with van der Waals surface area (Å²) in [7, 11) is 0.102. The van der Waals surface area contributed by atoms with E-state index in [0.717, 1.165) is 5.56 Å². The summed E-state index contributed by atoms with van der Waals surface area (Å²) in [5.41, 5.74) is 1.27. The molecule has 0 radical (unpaired) electrons. The molecular weight excluding hydrogens is 302 g/mol. The first-order valence-corrected chi connectivity index (χ1v) is 8.44. The maximum atomic E-state index is 12.7. The van der Waals surface area contributed by atoms with Crippen molar-refractivity contribution in [3.63, 3.8) is 0 Å². The molecule has 0 aliphatic heterocycles. The molecule has 0 aliphatic rings. The first kappa shape index (κ1) is 16.7. The van der Waals surface area contributed by atoms with E-state index in [1.807, 2.05) is 49.3 Å². The van der Waals surface area contributed by atoms with Crippen LogP contribution < -0.4 is 4.72 Å². The van der Waals surface area contributed by atoms with E-state index in [4.69, 9.17) is 4.52 Å². The largest absolute Gasteiger partial charge is 0.360 e. The molecule has 1 atom stereocenters. The van der Waals surface area contributed by atoms with Crippen molar-refractivity contribution >= 4 is 10.0 Å². The van der Waals surface area contributed by atoms with E-state index in [-0.39, 0.29) is 10.9 Å². The van der Waals surface area contributed by atoms with Gasteiger partial charge >= 0.3 is 0 Å². The molecule has 0 aliphatic carbocycles. The van der Waals surface area contributed by atoms with E-state index in [1.165, 1.54) is 0 Å². The number of likely N-dealkylation sites (N-methyl/N-ethyl adjacent to an activating group) is 1. The number of aromatic nitrogens is 1. The number of nitrogens with zero attached hydrogens (tertiary/aromatic N) is 2. The molecule has 120 valence electrons. The first-order valence-electron chi connectivity index (χ1n) is 6.96. The predicted molar refractivity (Wildman–Crippen MR) is 84.0 cm³/mol. The van der Waals surface area contributed by atoms with E-state index in [1.54, 1.807) is 13.8 Å². The van der Waals surface area contributed by atoms with E-state index in [9.17, 15) is 8.42 Å². The van der Waals surface area contributed by atoms with Crippen molar-refractivity contribution in [2.24, 2.45) is 0 Å². The Kier molecular flexibility index (Phi) is 5.00. The molecule has 0 fully saturated rings. The van der Waals surface area contributed by atoms with Crippen LogP contribution in [0.25, 0.3) is 0 Å². The fourth-order valence-electron chi connectivity index (χ4n) is 2.37. The van der Waals surface area contributed by atoms with Gasteiger partial charge in [-0.1, -0.05) is 35.5 Å². The van der Waals surface area contributed by atoms with Gasteiger partial charge < -0.3 is 9.42 Å². The molecular formula is C15H21N3O3S. The van der Waals surface area contributed by atoms with Crippen LogP contribution >= 0.6 is 0 Å². The third kappa shape index (κ3) is 3.73. The summed E-state index contributed by atoms with van der Waals surface area (Å²) in [5.74, 6) is 0.293. The molecule has 0 spiro atoms. The van der Waals surface area contributed by atoms with Crippen molar-refractivity contribution in [2.75, 3.05) is 20.6 Å². The zero-order valence-corrected chi connectivity index (χ0v) is 14.0. The zero-order chi connectivity index (χ0) is 16.3. The minimum absolute atomic E-state index is 0.118. The molecule has 22 heavy (non-hydrogen) atoms. The highest BCUT2D eigenvalue weighted by molar-refractivity contribution is 7.89. The Labute approximate surface area is 131 Å². The molecule has 2 aromatic rings. The summed E-state index contributed by atoms with van der Waals surface area (Å²) in [6.07, 6.45) is 0. The van der Waals surface area contributed by atoms with E-state index in [0.29, 0.717) is 18.0 Å². The summed E-state index contributed by atoms with van der Waals surface area (Å²) in [4.78, 5) is 2.06. The molecule has 0 amide bonds. The minimum Gasteiger partial charge on any atom is -0.360 e. The number of rotatable bonds is 6. The number of hydrogen-bond acceptors (Lipinski definition) is 5. The van der Waals surface area contributed by atoms with Gasteiger partial charge in [0.2, 0.25) is 10.0 Å². The maximum absolute atomic E-state index is 12.7. The van der Waals surface area contributed by atoms with Gasteiger partial charge in [-0.3, -0.25) is 0 Å². The Bertz CT molecular complexity index is 704. The molecule has 1 heterocycles. The molecule has 7 heteroatoms. The number of nitrogens with one attached hydrogen (secondary N) is 1. The Hall–Kier alpha value is -1.70. The fourth-order valence-corrected chi connectivity index (χ4v) is 3.91. The highest BCUT2D eigenvalue weighted by Gasteiger charge is 2.27.